The van der Waals surface area contributed by atoms with Crippen LogP contribution in [0.25, 0.3) is 0 Å². The van der Waals surface area contributed by atoms with E-state index in [0.29, 0.717) is 12.3 Å². The molecule has 2 heterocycles. The van der Waals surface area contributed by atoms with Gasteiger partial charge in [0.2, 0.25) is 5.91 Å². The van der Waals surface area contributed by atoms with Crippen LogP contribution in [0.2, 0.25) is 0 Å². The normalized spacial score (nSPS) is 12.6. The second-order valence-corrected chi connectivity index (χ2v) is 6.13. The summed E-state index contributed by atoms with van der Waals surface area (Å²) in [5.41, 5.74) is 0.853. The van der Waals surface area contributed by atoms with Crippen molar-refractivity contribution in [2.24, 2.45) is 0 Å². The highest BCUT2D eigenvalue weighted by Crippen LogP contribution is 2.19. The summed E-state index contributed by atoms with van der Waals surface area (Å²) in [7, 11) is 0. The van der Waals surface area contributed by atoms with Crippen LogP contribution in [0.4, 0.5) is 0 Å². The molecule has 0 aliphatic rings. The lowest BCUT2D eigenvalue weighted by molar-refractivity contribution is -0.121. The molecule has 108 valence electrons. The van der Waals surface area contributed by atoms with Gasteiger partial charge in [0, 0.05) is 36.3 Å². The molecule has 0 bridgehead atoms. The molecular formula is C14H20N4OS. The fraction of sp³-hybridized carbons (Fsp3) is 0.500. The summed E-state index contributed by atoms with van der Waals surface area (Å²) in [6, 6.07) is 0.0694. The Kier molecular flexibility index (Phi) is 4.89. The Morgan fingerprint density at radius 3 is 2.85 bits per heavy atom. The molecule has 0 saturated heterocycles. The number of hydrogen-bond acceptors (Lipinski definition) is 4. The minimum atomic E-state index is 0.0122. The first-order chi connectivity index (χ1) is 9.54. The highest BCUT2D eigenvalue weighted by Gasteiger charge is 2.12. The predicted molar refractivity (Wildman–Crippen MR) is 79.7 cm³/mol. The van der Waals surface area contributed by atoms with Crippen molar-refractivity contribution in [1.29, 1.82) is 0 Å². The van der Waals surface area contributed by atoms with Crippen LogP contribution < -0.4 is 5.32 Å². The van der Waals surface area contributed by atoms with E-state index < -0.39 is 0 Å². The van der Waals surface area contributed by atoms with Gasteiger partial charge in [-0.25, -0.2) is 9.97 Å². The van der Waals surface area contributed by atoms with Crippen molar-refractivity contribution in [2.45, 2.75) is 45.7 Å². The van der Waals surface area contributed by atoms with E-state index in [1.807, 2.05) is 23.1 Å². The first-order valence-electron chi connectivity index (χ1n) is 6.74. The molecule has 0 aromatic carbocycles. The number of rotatable bonds is 6. The molecule has 1 atom stereocenters. The molecule has 0 aliphatic heterocycles. The molecule has 6 heteroatoms. The van der Waals surface area contributed by atoms with Crippen molar-refractivity contribution in [3.05, 3.63) is 34.8 Å². The summed E-state index contributed by atoms with van der Waals surface area (Å²) in [5.74, 6) is 0.426. The number of carbonyl (C=O) groups is 1. The third-order valence-corrected chi connectivity index (χ3v) is 4.05. The zero-order valence-electron chi connectivity index (χ0n) is 12.0. The van der Waals surface area contributed by atoms with Gasteiger partial charge < -0.3 is 9.88 Å². The van der Waals surface area contributed by atoms with Crippen molar-refractivity contribution in [3.63, 3.8) is 0 Å². The van der Waals surface area contributed by atoms with Gasteiger partial charge >= 0.3 is 0 Å². The average molecular weight is 292 g/mol. The summed E-state index contributed by atoms with van der Waals surface area (Å²) >= 11 is 1.62. The van der Waals surface area contributed by atoms with E-state index in [4.69, 9.17) is 0 Å². The smallest absolute Gasteiger partial charge is 0.226 e. The minimum Gasteiger partial charge on any atom is -0.352 e. The minimum absolute atomic E-state index is 0.0122. The zero-order chi connectivity index (χ0) is 14.5. The Labute approximate surface area is 123 Å². The third-order valence-electron chi connectivity index (χ3n) is 2.86. The van der Waals surface area contributed by atoms with Gasteiger partial charge in [0.1, 0.15) is 0 Å². The Morgan fingerprint density at radius 2 is 2.25 bits per heavy atom. The van der Waals surface area contributed by atoms with Crippen molar-refractivity contribution in [1.82, 2.24) is 19.9 Å². The number of amides is 1. The number of nitrogens with zero attached hydrogens (tertiary/aromatic N) is 3. The Morgan fingerprint density at radius 1 is 1.45 bits per heavy atom. The highest BCUT2D eigenvalue weighted by atomic mass is 32.1. The zero-order valence-corrected chi connectivity index (χ0v) is 12.9. The number of hydrogen-bond donors (Lipinski definition) is 1. The first kappa shape index (κ1) is 14.7. The number of thiazole rings is 1. The summed E-state index contributed by atoms with van der Waals surface area (Å²) < 4.78 is 1.95. The molecule has 0 saturated carbocycles. The standard InChI is InChI=1S/C14H20N4OS/c1-10(2)14-17-12(8-20-14)6-13(19)16-11(3)7-18-5-4-15-9-18/h4-5,8-11H,6-7H2,1-3H3,(H,16,19)/t11-/m1/s1. The van der Waals surface area contributed by atoms with Crippen molar-refractivity contribution >= 4 is 17.2 Å². The fourth-order valence-electron chi connectivity index (χ4n) is 1.92. The van der Waals surface area contributed by atoms with Crippen molar-refractivity contribution < 1.29 is 4.79 Å². The van der Waals surface area contributed by atoms with Crippen LogP contribution in [0.1, 0.15) is 37.4 Å². The fourth-order valence-corrected chi connectivity index (χ4v) is 2.75. The molecule has 0 spiro atoms. The van der Waals surface area contributed by atoms with E-state index in [1.54, 1.807) is 23.9 Å². The first-order valence-corrected chi connectivity index (χ1v) is 7.62. The Balaban J connectivity index is 1.82. The molecule has 1 amide bonds. The average Bonchev–Trinajstić information content (AvgIpc) is 2.99. The van der Waals surface area contributed by atoms with Crippen LogP contribution in [0.3, 0.4) is 0 Å². The molecule has 2 aromatic rings. The maximum absolute atomic E-state index is 12.0. The molecule has 0 fully saturated rings. The second kappa shape index (κ2) is 6.65. The number of imidazole rings is 1. The van der Waals surface area contributed by atoms with Crippen molar-refractivity contribution in [2.75, 3.05) is 0 Å². The van der Waals surface area contributed by atoms with E-state index >= 15 is 0 Å². The second-order valence-electron chi connectivity index (χ2n) is 5.24. The molecule has 0 radical (unpaired) electrons. The van der Waals surface area contributed by atoms with Gasteiger partial charge in [-0.05, 0) is 6.92 Å². The van der Waals surface area contributed by atoms with E-state index in [0.717, 1.165) is 17.2 Å². The molecule has 1 N–H and O–H groups in total. The Hall–Kier alpha value is -1.69. The van der Waals surface area contributed by atoms with Gasteiger partial charge in [-0.1, -0.05) is 13.8 Å². The Bertz CT molecular complexity index is 547. The lowest BCUT2D eigenvalue weighted by atomic mass is 10.2. The van der Waals surface area contributed by atoms with Gasteiger partial charge in [0.15, 0.2) is 0 Å². The van der Waals surface area contributed by atoms with Crippen LogP contribution >= 0.6 is 11.3 Å². The number of nitrogens with one attached hydrogen (secondary N) is 1. The SMILES string of the molecule is CC(C)c1nc(CC(=O)N[C@H](C)Cn2ccnc2)cs1. The van der Waals surface area contributed by atoms with Gasteiger partial charge in [0.05, 0.1) is 23.4 Å². The van der Waals surface area contributed by atoms with E-state index in [9.17, 15) is 4.79 Å². The topological polar surface area (TPSA) is 59.8 Å². The van der Waals surface area contributed by atoms with Crippen LogP contribution in [0.5, 0.6) is 0 Å². The summed E-state index contributed by atoms with van der Waals surface area (Å²) in [6.07, 6.45) is 5.71. The molecule has 0 aliphatic carbocycles. The van der Waals surface area contributed by atoms with Gasteiger partial charge in [-0.2, -0.15) is 0 Å². The molecule has 5 nitrogen and oxygen atoms in total. The van der Waals surface area contributed by atoms with E-state index in [2.05, 4.69) is 29.1 Å². The van der Waals surface area contributed by atoms with Crippen LogP contribution in [-0.2, 0) is 17.8 Å². The molecular weight excluding hydrogens is 272 g/mol. The summed E-state index contributed by atoms with van der Waals surface area (Å²) in [5, 5.41) is 6.03. The largest absolute Gasteiger partial charge is 0.352 e. The highest BCUT2D eigenvalue weighted by molar-refractivity contribution is 7.09. The molecule has 0 unspecified atom stereocenters. The van der Waals surface area contributed by atoms with E-state index in [1.165, 1.54) is 0 Å². The lowest BCUT2D eigenvalue weighted by Gasteiger charge is -2.13. The molecule has 2 rings (SSSR count). The molecule has 20 heavy (non-hydrogen) atoms. The van der Waals surface area contributed by atoms with Gasteiger partial charge in [-0.15, -0.1) is 11.3 Å². The monoisotopic (exact) mass is 292 g/mol. The van der Waals surface area contributed by atoms with E-state index in [-0.39, 0.29) is 11.9 Å². The predicted octanol–water partition coefficient (Wildman–Crippen LogP) is 2.21. The third kappa shape index (κ3) is 4.16. The van der Waals surface area contributed by atoms with Crippen LogP contribution in [0.15, 0.2) is 24.1 Å². The maximum Gasteiger partial charge on any atom is 0.226 e. The van der Waals surface area contributed by atoms with Crippen molar-refractivity contribution in [3.8, 4) is 0 Å². The van der Waals surface area contributed by atoms with Gasteiger partial charge in [-0.3, -0.25) is 4.79 Å². The lowest BCUT2D eigenvalue weighted by Crippen LogP contribution is -2.36. The number of aromatic nitrogens is 3. The van der Waals surface area contributed by atoms with Crippen LogP contribution in [-0.4, -0.2) is 26.5 Å². The number of carbonyl (C=O) groups excluding carboxylic acids is 1. The molecule has 2 aromatic heterocycles. The van der Waals surface area contributed by atoms with Gasteiger partial charge in [0.25, 0.3) is 0 Å². The summed E-state index contributed by atoms with van der Waals surface area (Å²) in [6.45, 7) is 6.92. The summed E-state index contributed by atoms with van der Waals surface area (Å²) in [4.78, 5) is 20.4. The maximum atomic E-state index is 12.0. The van der Waals surface area contributed by atoms with Crippen LogP contribution in [0, 0.1) is 0 Å². The quantitative estimate of drug-likeness (QED) is 0.888.